The van der Waals surface area contributed by atoms with Gasteiger partial charge in [-0.15, -0.1) is 5.10 Å². The van der Waals surface area contributed by atoms with Crippen molar-refractivity contribution >= 4 is 0 Å². The number of ether oxygens (including phenoxy) is 1. The lowest BCUT2D eigenvalue weighted by atomic mass is 9.69. The average molecular weight is 396 g/mol. The van der Waals surface area contributed by atoms with Crippen molar-refractivity contribution in [3.05, 3.63) is 17.3 Å². The number of halogens is 3. The summed E-state index contributed by atoms with van der Waals surface area (Å²) in [7, 11) is 0. The minimum Gasteiger partial charge on any atom is -0.473 e. The summed E-state index contributed by atoms with van der Waals surface area (Å²) < 4.78 is 52.5. The molecular formula is C18H19F3N4O3. The molecule has 1 aliphatic heterocycles. The highest BCUT2D eigenvalue weighted by atomic mass is 19.4. The molecule has 0 unspecified atom stereocenters. The van der Waals surface area contributed by atoms with Crippen molar-refractivity contribution in [2.24, 2.45) is 5.41 Å². The zero-order valence-electron chi connectivity index (χ0n) is 15.5. The fourth-order valence-electron chi connectivity index (χ4n) is 3.84. The maximum absolute atomic E-state index is 13.3. The molecular weight excluding hydrogens is 377 g/mol. The lowest BCUT2D eigenvalue weighted by Crippen LogP contribution is -2.41. The van der Waals surface area contributed by atoms with Crippen LogP contribution in [0, 0.1) is 16.7 Å². The van der Waals surface area contributed by atoms with E-state index in [1.807, 2.05) is 6.92 Å². The van der Waals surface area contributed by atoms with E-state index in [2.05, 4.69) is 16.3 Å². The standard InChI is InChI=1S/C18H19F3N4O3/c1-9-7-25-11(4-12(23-25)27-10-5-16(2,6-10)8-22)14-13(9)15(24-28-14)17(3,26)18(19,20)21/h4,9-10,26H,5-7H2,1-3H3/t9-,10?,16?,17+/m1/s1. The molecule has 28 heavy (non-hydrogen) atoms. The average Bonchev–Trinajstić information content (AvgIpc) is 3.16. The third-order valence-corrected chi connectivity index (χ3v) is 5.58. The first kappa shape index (κ1) is 18.8. The normalized spacial score (nSPS) is 28.5. The highest BCUT2D eigenvalue weighted by molar-refractivity contribution is 5.63. The molecule has 4 rings (SSSR count). The second-order valence-electron chi connectivity index (χ2n) is 8.12. The fraction of sp³-hybridized carbons (Fsp3) is 0.611. The number of aromatic nitrogens is 3. The zero-order valence-corrected chi connectivity index (χ0v) is 15.5. The molecule has 2 aliphatic rings. The number of alkyl halides is 3. The van der Waals surface area contributed by atoms with Crippen LogP contribution in [0.1, 0.15) is 50.8 Å². The first-order valence-corrected chi connectivity index (χ1v) is 8.90. The van der Waals surface area contributed by atoms with Gasteiger partial charge in [-0.05, 0) is 13.8 Å². The van der Waals surface area contributed by atoms with E-state index in [1.165, 1.54) is 0 Å². The molecule has 0 saturated heterocycles. The summed E-state index contributed by atoms with van der Waals surface area (Å²) in [6.07, 6.45) is -3.83. The van der Waals surface area contributed by atoms with Crippen LogP contribution >= 0.6 is 0 Å². The molecule has 0 bridgehead atoms. The Morgan fingerprint density at radius 3 is 2.71 bits per heavy atom. The van der Waals surface area contributed by atoms with Crippen LogP contribution in [0.25, 0.3) is 11.5 Å². The lowest BCUT2D eigenvalue weighted by molar-refractivity contribution is -0.261. The number of hydrogen-bond donors (Lipinski definition) is 1. The largest absolute Gasteiger partial charge is 0.473 e. The maximum atomic E-state index is 13.3. The Kier molecular flexibility index (Phi) is 3.85. The van der Waals surface area contributed by atoms with Gasteiger partial charge in [0.2, 0.25) is 11.5 Å². The molecule has 0 amide bonds. The minimum atomic E-state index is -4.89. The Morgan fingerprint density at radius 1 is 1.43 bits per heavy atom. The topological polar surface area (TPSA) is 97.1 Å². The van der Waals surface area contributed by atoms with E-state index in [0.717, 1.165) is 0 Å². The van der Waals surface area contributed by atoms with Gasteiger partial charge in [0.25, 0.3) is 0 Å². The van der Waals surface area contributed by atoms with Crippen molar-refractivity contribution in [2.45, 2.75) is 64.0 Å². The fourth-order valence-corrected chi connectivity index (χ4v) is 3.84. The number of rotatable bonds is 3. The quantitative estimate of drug-likeness (QED) is 0.853. The second kappa shape index (κ2) is 5.73. The van der Waals surface area contributed by atoms with E-state index in [-0.39, 0.29) is 17.4 Å². The van der Waals surface area contributed by atoms with Gasteiger partial charge in [0.05, 0.1) is 11.5 Å². The van der Waals surface area contributed by atoms with Crippen LogP contribution in [0.5, 0.6) is 5.88 Å². The Bertz CT molecular complexity index is 964. The van der Waals surface area contributed by atoms with Crippen molar-refractivity contribution in [3.8, 4) is 23.4 Å². The van der Waals surface area contributed by atoms with Crippen molar-refractivity contribution < 1.29 is 27.5 Å². The molecule has 1 N–H and O–H groups in total. The van der Waals surface area contributed by atoms with Gasteiger partial charge in [0, 0.05) is 36.9 Å². The summed E-state index contributed by atoms with van der Waals surface area (Å²) in [5.74, 6) is 0.0765. The van der Waals surface area contributed by atoms with Crippen LogP contribution in [-0.2, 0) is 12.1 Å². The molecule has 2 aromatic heterocycles. The Balaban J connectivity index is 1.65. The van der Waals surface area contributed by atoms with Crippen molar-refractivity contribution in [3.63, 3.8) is 0 Å². The van der Waals surface area contributed by atoms with Crippen LogP contribution in [0.2, 0.25) is 0 Å². The lowest BCUT2D eigenvalue weighted by Gasteiger charge is -2.38. The Hall–Kier alpha value is -2.54. The SMILES string of the molecule is C[C@@H]1Cn2nc(OC3CC(C)(C#N)C3)cc2-c2onc([C@](C)(O)C(F)(F)F)c21. The van der Waals surface area contributed by atoms with Gasteiger partial charge in [0.1, 0.15) is 17.5 Å². The Labute approximate surface area is 158 Å². The second-order valence-corrected chi connectivity index (χ2v) is 8.12. The monoisotopic (exact) mass is 396 g/mol. The van der Waals surface area contributed by atoms with Gasteiger partial charge in [-0.3, -0.25) is 4.68 Å². The van der Waals surface area contributed by atoms with Crippen LogP contribution in [0.15, 0.2) is 10.6 Å². The van der Waals surface area contributed by atoms with Crippen molar-refractivity contribution in [1.29, 1.82) is 5.26 Å². The first-order valence-electron chi connectivity index (χ1n) is 8.90. The molecule has 0 aromatic carbocycles. The molecule has 2 atom stereocenters. The number of aliphatic hydroxyl groups is 1. The molecule has 2 aromatic rings. The zero-order chi connectivity index (χ0) is 20.5. The van der Waals surface area contributed by atoms with E-state index in [1.54, 1.807) is 17.7 Å². The van der Waals surface area contributed by atoms with Crippen molar-refractivity contribution in [2.75, 3.05) is 0 Å². The maximum Gasteiger partial charge on any atom is 0.422 e. The van der Waals surface area contributed by atoms with E-state index in [9.17, 15) is 18.3 Å². The molecule has 0 spiro atoms. The summed E-state index contributed by atoms with van der Waals surface area (Å²) in [6, 6.07) is 3.83. The summed E-state index contributed by atoms with van der Waals surface area (Å²) >= 11 is 0. The van der Waals surface area contributed by atoms with Crippen LogP contribution in [0.3, 0.4) is 0 Å². The van der Waals surface area contributed by atoms with Gasteiger partial charge in [-0.1, -0.05) is 12.1 Å². The van der Waals surface area contributed by atoms with Crippen LogP contribution in [-0.4, -0.2) is 32.3 Å². The van der Waals surface area contributed by atoms with Gasteiger partial charge >= 0.3 is 6.18 Å². The smallest absolute Gasteiger partial charge is 0.422 e. The summed E-state index contributed by atoms with van der Waals surface area (Å²) in [4.78, 5) is 0. The summed E-state index contributed by atoms with van der Waals surface area (Å²) in [5, 5.41) is 27.0. The molecule has 10 heteroatoms. The predicted octanol–water partition coefficient (Wildman–Crippen LogP) is 3.50. The summed E-state index contributed by atoms with van der Waals surface area (Å²) in [5.41, 5.74) is -3.37. The van der Waals surface area contributed by atoms with E-state index in [4.69, 9.17) is 14.5 Å². The highest BCUT2D eigenvalue weighted by Crippen LogP contribution is 2.47. The van der Waals surface area contributed by atoms with Crippen LogP contribution in [0.4, 0.5) is 13.2 Å². The first-order chi connectivity index (χ1) is 12.9. The Morgan fingerprint density at radius 2 is 2.11 bits per heavy atom. The number of hydrogen-bond acceptors (Lipinski definition) is 6. The van der Waals surface area contributed by atoms with Gasteiger partial charge in [-0.2, -0.15) is 18.4 Å². The van der Waals surface area contributed by atoms with Gasteiger partial charge in [0.15, 0.2) is 5.76 Å². The van der Waals surface area contributed by atoms with Crippen LogP contribution < -0.4 is 4.74 Å². The van der Waals surface area contributed by atoms with Gasteiger partial charge < -0.3 is 14.4 Å². The summed E-state index contributed by atoms with van der Waals surface area (Å²) in [6.45, 7) is 4.55. The van der Waals surface area contributed by atoms with E-state index in [0.29, 0.717) is 37.9 Å². The molecule has 1 fully saturated rings. The molecule has 7 nitrogen and oxygen atoms in total. The number of nitriles is 1. The molecule has 1 saturated carbocycles. The molecule has 150 valence electrons. The molecule has 3 heterocycles. The third kappa shape index (κ3) is 2.68. The van der Waals surface area contributed by atoms with Gasteiger partial charge in [-0.25, -0.2) is 0 Å². The molecule has 0 radical (unpaired) electrons. The van der Waals surface area contributed by atoms with E-state index >= 15 is 0 Å². The van der Waals surface area contributed by atoms with Crippen molar-refractivity contribution in [1.82, 2.24) is 14.9 Å². The number of fused-ring (bicyclic) bond motifs is 3. The third-order valence-electron chi connectivity index (χ3n) is 5.58. The number of nitrogens with zero attached hydrogens (tertiary/aromatic N) is 4. The highest BCUT2D eigenvalue weighted by Gasteiger charge is 2.55. The minimum absolute atomic E-state index is 0.130. The molecule has 1 aliphatic carbocycles. The predicted molar refractivity (Wildman–Crippen MR) is 89.1 cm³/mol. The van der Waals surface area contributed by atoms with E-state index < -0.39 is 28.8 Å².